The van der Waals surface area contributed by atoms with Crippen molar-refractivity contribution in [1.29, 1.82) is 0 Å². The van der Waals surface area contributed by atoms with Crippen molar-refractivity contribution in [2.24, 2.45) is 5.73 Å². The molecular weight excluding hydrogens is 359 g/mol. The monoisotopic (exact) mass is 380 g/mol. The van der Waals surface area contributed by atoms with Crippen LogP contribution in [-0.4, -0.2) is 61.2 Å². The number of carbonyl (C=O) groups is 2. The zero-order valence-electron chi connectivity index (χ0n) is 13.1. The number of hydrogen-bond donors (Lipinski definition) is 6. The largest absolute Gasteiger partial charge is 0.466 e. The van der Waals surface area contributed by atoms with E-state index in [2.05, 4.69) is 0 Å². The Labute approximate surface area is 143 Å². The molecule has 142 valence electrons. The molecule has 0 heterocycles. The summed E-state index contributed by atoms with van der Waals surface area (Å²) in [6, 6.07) is 9.10. The number of nitrogens with two attached hydrogens (primary N) is 1. The van der Waals surface area contributed by atoms with Crippen molar-refractivity contribution in [3.8, 4) is 0 Å². The fraction of sp³-hybridized carbons (Fsp3) is 0.385. The summed E-state index contributed by atoms with van der Waals surface area (Å²) in [5, 5.41) is 18.5. The topological polar surface area (TPSA) is 191 Å². The molecule has 0 aliphatic carbocycles. The van der Waals surface area contributed by atoms with Crippen molar-refractivity contribution in [3.63, 3.8) is 0 Å². The van der Waals surface area contributed by atoms with Crippen LogP contribution < -0.4 is 5.73 Å². The molecule has 1 unspecified atom stereocenters. The minimum absolute atomic E-state index is 0.0452. The Bertz CT molecular complexity index is 570. The zero-order chi connectivity index (χ0) is 19.5. The van der Waals surface area contributed by atoms with E-state index in [0.717, 1.165) is 5.56 Å². The van der Waals surface area contributed by atoms with E-state index >= 15 is 0 Å². The van der Waals surface area contributed by atoms with Gasteiger partial charge in [-0.2, -0.15) is 0 Å². The summed E-state index contributed by atoms with van der Waals surface area (Å²) in [7, 11) is -4.64. The number of imide groups is 1. The van der Waals surface area contributed by atoms with Gasteiger partial charge in [-0.05, 0) is 5.56 Å². The summed E-state index contributed by atoms with van der Waals surface area (Å²) in [6.45, 7) is -0.273. The van der Waals surface area contributed by atoms with E-state index < -0.39 is 32.7 Å². The van der Waals surface area contributed by atoms with Crippen molar-refractivity contribution in [1.82, 2.24) is 4.90 Å². The minimum atomic E-state index is -4.64. The predicted molar refractivity (Wildman–Crippen MR) is 84.9 cm³/mol. The Balaban J connectivity index is 0.00000101. The number of carbonyl (C=O) groups excluding carboxylic acids is 1. The molecule has 1 aromatic rings. The molecule has 1 aromatic carbocycles. The first-order valence-corrected chi connectivity index (χ1v) is 8.46. The van der Waals surface area contributed by atoms with Gasteiger partial charge in [0.05, 0.1) is 13.2 Å². The summed E-state index contributed by atoms with van der Waals surface area (Å²) < 4.78 is 14.0. The molecule has 0 radical (unpaired) electrons. The van der Waals surface area contributed by atoms with E-state index in [9.17, 15) is 14.7 Å². The van der Waals surface area contributed by atoms with Crippen molar-refractivity contribution in [2.75, 3.05) is 13.1 Å². The number of phosphoric acid groups is 1. The fourth-order valence-electron chi connectivity index (χ4n) is 1.52. The number of carboxylic acid groups (broad SMARTS) is 1. The van der Waals surface area contributed by atoms with Crippen LogP contribution in [0.5, 0.6) is 0 Å². The van der Waals surface area contributed by atoms with Gasteiger partial charge >= 0.3 is 13.9 Å². The van der Waals surface area contributed by atoms with Crippen LogP contribution in [0.4, 0.5) is 4.79 Å². The van der Waals surface area contributed by atoms with Gasteiger partial charge in [0.2, 0.25) is 5.91 Å². The number of rotatable bonds is 7. The molecule has 0 aliphatic rings. The lowest BCUT2D eigenvalue weighted by Gasteiger charge is -2.20. The second kappa shape index (κ2) is 11.7. The highest BCUT2D eigenvalue weighted by atomic mass is 31.2. The van der Waals surface area contributed by atoms with E-state index in [1.807, 2.05) is 18.2 Å². The molecule has 25 heavy (non-hydrogen) atoms. The number of amides is 2. The maximum atomic E-state index is 11.5. The maximum absolute atomic E-state index is 11.5. The molecule has 0 spiro atoms. The highest BCUT2D eigenvalue weighted by molar-refractivity contribution is 7.45. The standard InChI is InChI=1S/C13H18N2O5.H3O4P/c14-7-6-11(16)15(13(18)19)8-12(17)20-9-10-4-2-1-3-5-10;1-5(2,3)4/h1-5,12,17H,6-9,14H2,(H,18,19);(H3,1,2,3,4). The highest BCUT2D eigenvalue weighted by Crippen LogP contribution is 2.25. The quantitative estimate of drug-likeness (QED) is 0.264. The molecule has 11 nitrogen and oxygen atoms in total. The molecule has 2 amide bonds. The molecule has 0 bridgehead atoms. The van der Waals surface area contributed by atoms with Crippen molar-refractivity contribution >= 4 is 19.8 Å². The Morgan fingerprint density at radius 1 is 1.20 bits per heavy atom. The van der Waals surface area contributed by atoms with Gasteiger partial charge in [0, 0.05) is 13.0 Å². The second-order valence-corrected chi connectivity index (χ2v) is 5.62. The fourth-order valence-corrected chi connectivity index (χ4v) is 1.52. The molecule has 12 heteroatoms. The molecule has 1 atom stereocenters. The van der Waals surface area contributed by atoms with E-state index in [4.69, 9.17) is 34.8 Å². The van der Waals surface area contributed by atoms with Crippen LogP contribution in [0.2, 0.25) is 0 Å². The number of nitrogens with zero attached hydrogens (tertiary/aromatic N) is 1. The number of hydrogen-bond acceptors (Lipinski definition) is 6. The van der Waals surface area contributed by atoms with Crippen molar-refractivity contribution in [2.45, 2.75) is 19.3 Å². The maximum Gasteiger partial charge on any atom is 0.466 e. The van der Waals surface area contributed by atoms with Crippen LogP contribution in [0.3, 0.4) is 0 Å². The Kier molecular flexibility index (Phi) is 10.8. The molecule has 0 fully saturated rings. The van der Waals surface area contributed by atoms with Crippen LogP contribution in [0.1, 0.15) is 12.0 Å². The second-order valence-electron chi connectivity index (χ2n) is 4.59. The molecule has 0 aromatic heterocycles. The first-order valence-electron chi connectivity index (χ1n) is 6.89. The number of ether oxygens (including phenoxy) is 1. The van der Waals surface area contributed by atoms with Crippen LogP contribution in [0, 0.1) is 0 Å². The van der Waals surface area contributed by atoms with Gasteiger partial charge in [-0.25, -0.2) is 14.3 Å². The van der Waals surface area contributed by atoms with Gasteiger partial charge < -0.3 is 35.4 Å². The van der Waals surface area contributed by atoms with Gasteiger partial charge in [-0.15, -0.1) is 0 Å². The van der Waals surface area contributed by atoms with Gasteiger partial charge in [0.15, 0.2) is 6.29 Å². The summed E-state index contributed by atoms with van der Waals surface area (Å²) in [6.07, 6.45) is -2.92. The molecule has 0 aliphatic heterocycles. The molecular formula is C13H21N2O9P. The molecule has 0 saturated heterocycles. The number of aliphatic hydroxyl groups excluding tert-OH is 1. The van der Waals surface area contributed by atoms with E-state index in [1.54, 1.807) is 12.1 Å². The lowest BCUT2D eigenvalue weighted by molar-refractivity contribution is -0.143. The summed E-state index contributed by atoms with van der Waals surface area (Å²) in [5.74, 6) is -0.664. The third-order valence-electron chi connectivity index (χ3n) is 2.51. The lowest BCUT2D eigenvalue weighted by Crippen LogP contribution is -2.42. The predicted octanol–water partition coefficient (Wildman–Crippen LogP) is -0.552. The van der Waals surface area contributed by atoms with E-state index in [1.165, 1.54) is 0 Å². The third-order valence-corrected chi connectivity index (χ3v) is 2.51. The Hall–Kier alpha value is -1.85. The van der Waals surface area contributed by atoms with Gasteiger partial charge in [-0.1, -0.05) is 30.3 Å². The van der Waals surface area contributed by atoms with Crippen LogP contribution in [-0.2, 0) is 20.7 Å². The van der Waals surface area contributed by atoms with E-state index in [-0.39, 0.29) is 19.6 Å². The minimum Gasteiger partial charge on any atom is -0.465 e. The summed E-state index contributed by atoms with van der Waals surface area (Å²) in [4.78, 5) is 44.5. The first-order chi connectivity index (χ1) is 11.5. The smallest absolute Gasteiger partial charge is 0.465 e. The summed E-state index contributed by atoms with van der Waals surface area (Å²) in [5.41, 5.74) is 6.03. The van der Waals surface area contributed by atoms with Crippen molar-refractivity contribution < 1.29 is 43.8 Å². The lowest BCUT2D eigenvalue weighted by atomic mass is 10.2. The Morgan fingerprint density at radius 3 is 2.16 bits per heavy atom. The molecule has 7 N–H and O–H groups in total. The highest BCUT2D eigenvalue weighted by Gasteiger charge is 2.23. The third kappa shape index (κ3) is 13.2. The number of aliphatic hydroxyl groups is 1. The van der Waals surface area contributed by atoms with E-state index in [0.29, 0.717) is 4.90 Å². The first kappa shape index (κ1) is 23.1. The normalized spacial score (nSPS) is 11.9. The Morgan fingerprint density at radius 2 is 1.72 bits per heavy atom. The SMILES string of the molecule is NCCC(=O)N(CC(O)OCc1ccccc1)C(=O)O.O=P(O)(O)O. The number of benzene rings is 1. The zero-order valence-corrected chi connectivity index (χ0v) is 14.0. The average Bonchev–Trinajstić information content (AvgIpc) is 2.50. The van der Waals surface area contributed by atoms with Gasteiger partial charge in [0.25, 0.3) is 0 Å². The molecule has 0 saturated carbocycles. The van der Waals surface area contributed by atoms with Gasteiger partial charge in [0.1, 0.15) is 0 Å². The molecule has 1 rings (SSSR count). The van der Waals surface area contributed by atoms with Gasteiger partial charge in [-0.3, -0.25) is 4.79 Å². The van der Waals surface area contributed by atoms with Crippen LogP contribution in [0.15, 0.2) is 30.3 Å². The van der Waals surface area contributed by atoms with Crippen LogP contribution in [0.25, 0.3) is 0 Å². The van der Waals surface area contributed by atoms with Crippen LogP contribution >= 0.6 is 7.82 Å². The average molecular weight is 380 g/mol. The summed E-state index contributed by atoms with van der Waals surface area (Å²) >= 11 is 0. The van der Waals surface area contributed by atoms with Crippen molar-refractivity contribution in [3.05, 3.63) is 35.9 Å².